The minimum Gasteiger partial charge on any atom is -0.319 e. The van der Waals surface area contributed by atoms with E-state index in [9.17, 15) is 14.4 Å². The highest BCUT2D eigenvalue weighted by Crippen LogP contribution is 2.17. The molecule has 3 heterocycles. The number of rotatable bonds is 6. The van der Waals surface area contributed by atoms with Crippen LogP contribution in [0, 0.1) is 0 Å². The van der Waals surface area contributed by atoms with E-state index in [4.69, 9.17) is 11.6 Å². The Hall–Kier alpha value is -2.61. The van der Waals surface area contributed by atoms with Gasteiger partial charge in [-0.2, -0.15) is 5.10 Å². The van der Waals surface area contributed by atoms with E-state index in [1.54, 1.807) is 15.5 Å². The molecule has 0 saturated carbocycles. The van der Waals surface area contributed by atoms with Gasteiger partial charge in [-0.25, -0.2) is 14.3 Å². The molecule has 0 bridgehead atoms. The summed E-state index contributed by atoms with van der Waals surface area (Å²) in [5.41, 5.74) is 0.828. The molecule has 1 aromatic heterocycles. The van der Waals surface area contributed by atoms with E-state index in [2.05, 4.69) is 5.10 Å². The molecule has 0 aliphatic carbocycles. The van der Waals surface area contributed by atoms with Crippen molar-refractivity contribution in [1.82, 2.24) is 24.1 Å². The Morgan fingerprint density at radius 1 is 1.03 bits per heavy atom. The number of aryl methyl sites for hydroxylation is 2. The van der Waals surface area contributed by atoms with Gasteiger partial charge in [0.05, 0.1) is 0 Å². The second-order valence-electron chi connectivity index (χ2n) is 7.51. The highest BCUT2D eigenvalue weighted by atomic mass is 35.5. The first-order chi connectivity index (χ1) is 14.0. The minimum absolute atomic E-state index is 0.0985. The van der Waals surface area contributed by atoms with E-state index in [0.717, 1.165) is 37.2 Å². The molecular formula is C20H24ClN5O3. The maximum Gasteiger partial charge on any atom is 0.345 e. The molecule has 2 aliphatic rings. The first-order valence-electron chi connectivity index (χ1n) is 10.0. The van der Waals surface area contributed by atoms with Gasteiger partial charge in [0, 0.05) is 50.6 Å². The van der Waals surface area contributed by atoms with Crippen LogP contribution < -0.4 is 5.69 Å². The molecule has 2 aliphatic heterocycles. The Labute approximate surface area is 173 Å². The number of imide groups is 1. The molecule has 1 aromatic carbocycles. The maximum absolute atomic E-state index is 12.8. The third-order valence-electron chi connectivity index (χ3n) is 5.44. The monoisotopic (exact) mass is 417 g/mol. The van der Waals surface area contributed by atoms with Gasteiger partial charge in [0.1, 0.15) is 5.82 Å². The quantitative estimate of drug-likeness (QED) is 0.722. The third-order valence-corrected chi connectivity index (χ3v) is 5.68. The van der Waals surface area contributed by atoms with Crippen molar-refractivity contribution < 1.29 is 9.59 Å². The summed E-state index contributed by atoms with van der Waals surface area (Å²) in [6.45, 7) is 2.20. The number of amides is 3. The summed E-state index contributed by atoms with van der Waals surface area (Å²) in [5, 5.41) is 5.02. The number of urea groups is 1. The summed E-state index contributed by atoms with van der Waals surface area (Å²) in [7, 11) is 0. The second-order valence-corrected chi connectivity index (χ2v) is 7.95. The lowest BCUT2D eigenvalue weighted by Crippen LogP contribution is -2.52. The van der Waals surface area contributed by atoms with Crippen molar-refractivity contribution in [3.63, 3.8) is 0 Å². The summed E-state index contributed by atoms with van der Waals surface area (Å²) < 4.78 is 3.19. The van der Waals surface area contributed by atoms with Gasteiger partial charge >= 0.3 is 11.7 Å². The van der Waals surface area contributed by atoms with Crippen molar-refractivity contribution in [2.45, 2.75) is 51.7 Å². The number of benzene rings is 1. The number of fused-ring (bicyclic) bond motifs is 1. The maximum atomic E-state index is 12.8. The van der Waals surface area contributed by atoms with Crippen molar-refractivity contribution >= 4 is 23.5 Å². The van der Waals surface area contributed by atoms with Crippen LogP contribution in [0.5, 0.6) is 0 Å². The second kappa shape index (κ2) is 8.41. The van der Waals surface area contributed by atoms with Crippen LogP contribution in [0.25, 0.3) is 0 Å². The number of hydrogen-bond acceptors (Lipinski definition) is 4. The number of aromatic nitrogens is 3. The fourth-order valence-electron chi connectivity index (χ4n) is 3.93. The average molecular weight is 418 g/mol. The Morgan fingerprint density at radius 2 is 1.90 bits per heavy atom. The zero-order valence-corrected chi connectivity index (χ0v) is 17.0. The molecule has 3 amide bonds. The van der Waals surface area contributed by atoms with Gasteiger partial charge in [0.2, 0.25) is 5.91 Å². The number of hydrogen-bond donors (Lipinski definition) is 0. The summed E-state index contributed by atoms with van der Waals surface area (Å²) in [4.78, 5) is 40.4. The molecule has 0 spiro atoms. The third kappa shape index (κ3) is 4.22. The first-order valence-corrected chi connectivity index (χ1v) is 10.4. The number of carbonyl (C=O) groups is 2. The van der Waals surface area contributed by atoms with E-state index in [0.29, 0.717) is 37.5 Å². The molecule has 0 unspecified atom stereocenters. The average Bonchev–Trinajstić information content (AvgIpc) is 3.03. The van der Waals surface area contributed by atoms with Crippen molar-refractivity contribution in [3.8, 4) is 0 Å². The summed E-state index contributed by atoms with van der Waals surface area (Å²) in [6.07, 6.45) is 3.67. The van der Waals surface area contributed by atoms with Gasteiger partial charge in [0.15, 0.2) is 0 Å². The highest BCUT2D eigenvalue weighted by molar-refractivity contribution is 6.30. The molecule has 0 radical (unpaired) electrons. The predicted molar refractivity (Wildman–Crippen MR) is 108 cm³/mol. The molecule has 8 nitrogen and oxygen atoms in total. The molecule has 9 heteroatoms. The summed E-state index contributed by atoms with van der Waals surface area (Å²) in [6, 6.07) is 7.07. The Morgan fingerprint density at radius 3 is 2.69 bits per heavy atom. The van der Waals surface area contributed by atoms with Gasteiger partial charge in [-0.05, 0) is 37.0 Å². The van der Waals surface area contributed by atoms with E-state index in [1.807, 2.05) is 18.2 Å². The SMILES string of the molecule is O=C1CCN(Cc2cccc(Cl)c2)C(=O)N1CCCn1nc2n(c1=O)CCCC2. The van der Waals surface area contributed by atoms with Crippen molar-refractivity contribution in [1.29, 1.82) is 0 Å². The summed E-state index contributed by atoms with van der Waals surface area (Å²) in [5.74, 6) is 0.660. The van der Waals surface area contributed by atoms with E-state index < -0.39 is 0 Å². The van der Waals surface area contributed by atoms with Crippen LogP contribution in [0.2, 0.25) is 5.02 Å². The lowest BCUT2D eigenvalue weighted by molar-refractivity contribution is -0.131. The van der Waals surface area contributed by atoms with Crippen molar-refractivity contribution in [2.24, 2.45) is 0 Å². The normalized spacial score (nSPS) is 17.0. The van der Waals surface area contributed by atoms with Gasteiger partial charge in [0.25, 0.3) is 0 Å². The van der Waals surface area contributed by atoms with Crippen LogP contribution in [0.1, 0.15) is 37.1 Å². The lowest BCUT2D eigenvalue weighted by Gasteiger charge is -2.34. The predicted octanol–water partition coefficient (Wildman–Crippen LogP) is 2.28. The minimum atomic E-state index is -0.294. The number of nitrogens with zero attached hydrogens (tertiary/aromatic N) is 5. The zero-order valence-electron chi connectivity index (χ0n) is 16.2. The molecule has 2 aromatic rings. The number of halogens is 1. The first kappa shape index (κ1) is 19.7. The highest BCUT2D eigenvalue weighted by Gasteiger charge is 2.31. The molecule has 1 fully saturated rings. The Bertz CT molecular complexity index is 983. The molecule has 0 N–H and O–H groups in total. The molecular weight excluding hydrogens is 394 g/mol. The van der Waals surface area contributed by atoms with Crippen LogP contribution in [0.4, 0.5) is 4.79 Å². The zero-order chi connectivity index (χ0) is 20.4. The fourth-order valence-corrected chi connectivity index (χ4v) is 4.15. The molecule has 0 atom stereocenters. The van der Waals surface area contributed by atoms with E-state index in [1.165, 1.54) is 9.58 Å². The van der Waals surface area contributed by atoms with Gasteiger partial charge in [-0.1, -0.05) is 23.7 Å². The van der Waals surface area contributed by atoms with Gasteiger partial charge in [-0.15, -0.1) is 0 Å². The number of carbonyl (C=O) groups excluding carboxylic acids is 2. The Balaban J connectivity index is 1.37. The largest absolute Gasteiger partial charge is 0.345 e. The van der Waals surface area contributed by atoms with Crippen molar-refractivity contribution in [3.05, 3.63) is 51.2 Å². The topological polar surface area (TPSA) is 80.4 Å². The lowest BCUT2D eigenvalue weighted by atomic mass is 10.2. The van der Waals surface area contributed by atoms with Crippen LogP contribution in [0.3, 0.4) is 0 Å². The summed E-state index contributed by atoms with van der Waals surface area (Å²) >= 11 is 6.02. The molecule has 29 heavy (non-hydrogen) atoms. The molecule has 4 rings (SSSR count). The van der Waals surface area contributed by atoms with E-state index >= 15 is 0 Å². The fraction of sp³-hybridized carbons (Fsp3) is 0.500. The molecule has 1 saturated heterocycles. The smallest absolute Gasteiger partial charge is 0.319 e. The van der Waals surface area contributed by atoms with Crippen LogP contribution in [-0.2, 0) is 30.8 Å². The molecule has 154 valence electrons. The standard InChI is InChI=1S/C20H24ClN5O3/c21-16-6-3-5-15(13-16)14-23-12-8-18(27)25(19(23)28)10-4-11-26-20(29)24-9-2-1-7-17(24)22-26/h3,5-6,13H,1-2,4,7-12,14H2. The Kier molecular flexibility index (Phi) is 5.71. The van der Waals surface area contributed by atoms with E-state index in [-0.39, 0.29) is 24.2 Å². The van der Waals surface area contributed by atoms with Crippen LogP contribution in [0.15, 0.2) is 29.1 Å². The van der Waals surface area contributed by atoms with Gasteiger partial charge < -0.3 is 4.90 Å². The van der Waals surface area contributed by atoms with Crippen LogP contribution >= 0.6 is 11.6 Å². The van der Waals surface area contributed by atoms with Crippen molar-refractivity contribution in [2.75, 3.05) is 13.1 Å². The van der Waals surface area contributed by atoms with Crippen LogP contribution in [-0.4, -0.2) is 49.2 Å². The van der Waals surface area contributed by atoms with Gasteiger partial charge in [-0.3, -0.25) is 14.3 Å².